The van der Waals surface area contributed by atoms with E-state index in [0.717, 1.165) is 10.9 Å². The van der Waals surface area contributed by atoms with Gasteiger partial charge in [0.1, 0.15) is 11.5 Å². The van der Waals surface area contributed by atoms with E-state index < -0.39 is 5.91 Å². The van der Waals surface area contributed by atoms with Gasteiger partial charge in [-0.15, -0.1) is 0 Å². The van der Waals surface area contributed by atoms with Crippen LogP contribution >= 0.6 is 0 Å². The van der Waals surface area contributed by atoms with Crippen LogP contribution in [-0.4, -0.2) is 20.3 Å². The highest BCUT2D eigenvalue weighted by molar-refractivity contribution is 5.90. The van der Waals surface area contributed by atoms with E-state index in [2.05, 4.69) is 5.10 Å². The number of primary amides is 1. The van der Waals surface area contributed by atoms with E-state index in [-0.39, 0.29) is 11.5 Å². The summed E-state index contributed by atoms with van der Waals surface area (Å²) in [4.78, 5) is 11.0. The Morgan fingerprint density at radius 1 is 1.20 bits per heavy atom. The third-order valence-electron chi connectivity index (χ3n) is 3.20. The number of hydrogen-bond donors (Lipinski definition) is 1. The van der Waals surface area contributed by atoms with Crippen molar-refractivity contribution in [3.05, 3.63) is 54.2 Å². The molecule has 0 saturated heterocycles. The average Bonchev–Trinajstić information content (AvgIpc) is 3.02. The van der Waals surface area contributed by atoms with Crippen LogP contribution < -0.4 is 5.73 Å². The maximum atomic E-state index is 13.3. The van der Waals surface area contributed by atoms with E-state index in [1.165, 1.54) is 12.1 Å². The van der Waals surface area contributed by atoms with Crippen LogP contribution in [0.2, 0.25) is 0 Å². The molecule has 0 spiro atoms. The van der Waals surface area contributed by atoms with Gasteiger partial charge >= 0.3 is 0 Å². The normalized spacial score (nSPS) is 11.1. The summed E-state index contributed by atoms with van der Waals surface area (Å²) in [7, 11) is 0. The molecule has 6 heteroatoms. The molecule has 2 aromatic heterocycles. The molecule has 0 saturated carbocycles. The predicted molar refractivity (Wildman–Crippen MR) is 72.6 cm³/mol. The van der Waals surface area contributed by atoms with Gasteiger partial charge in [-0.05, 0) is 35.7 Å². The molecule has 0 aliphatic rings. The van der Waals surface area contributed by atoms with Crippen molar-refractivity contribution < 1.29 is 9.18 Å². The number of fused-ring (bicyclic) bond motifs is 1. The number of aryl methyl sites for hydroxylation is 2. The van der Waals surface area contributed by atoms with Crippen LogP contribution in [0.4, 0.5) is 4.39 Å². The first-order chi connectivity index (χ1) is 9.63. The summed E-state index contributed by atoms with van der Waals surface area (Å²) >= 11 is 0. The number of halogens is 1. The van der Waals surface area contributed by atoms with E-state index in [0.29, 0.717) is 13.1 Å². The van der Waals surface area contributed by atoms with E-state index in [1.807, 2.05) is 16.8 Å². The van der Waals surface area contributed by atoms with Crippen LogP contribution in [0.5, 0.6) is 0 Å². The van der Waals surface area contributed by atoms with E-state index >= 15 is 0 Å². The Kier molecular flexibility index (Phi) is 2.98. The quantitative estimate of drug-likeness (QED) is 0.786. The van der Waals surface area contributed by atoms with Gasteiger partial charge in [-0.1, -0.05) is 0 Å². The second-order valence-electron chi connectivity index (χ2n) is 4.54. The fourth-order valence-electron chi connectivity index (χ4n) is 2.18. The van der Waals surface area contributed by atoms with Gasteiger partial charge in [-0.3, -0.25) is 9.48 Å². The molecular formula is C14H13FN4O. The Labute approximate surface area is 114 Å². The van der Waals surface area contributed by atoms with Crippen LogP contribution in [0.3, 0.4) is 0 Å². The predicted octanol–water partition coefficient (Wildman–Crippen LogP) is 1.78. The van der Waals surface area contributed by atoms with Crippen molar-refractivity contribution in [2.75, 3.05) is 0 Å². The molecule has 0 fully saturated rings. The molecule has 1 aromatic carbocycles. The molecule has 3 rings (SSSR count). The first-order valence-corrected chi connectivity index (χ1v) is 6.21. The SMILES string of the molecule is NC(=O)c1ccn(CCn2ccc3ccc(F)cc32)n1. The number of rotatable bonds is 4. The monoisotopic (exact) mass is 272 g/mol. The Hall–Kier alpha value is -2.63. The lowest BCUT2D eigenvalue weighted by atomic mass is 10.2. The third-order valence-corrected chi connectivity index (χ3v) is 3.20. The van der Waals surface area contributed by atoms with Crippen molar-refractivity contribution in [3.8, 4) is 0 Å². The number of carbonyl (C=O) groups is 1. The highest BCUT2D eigenvalue weighted by atomic mass is 19.1. The van der Waals surface area contributed by atoms with Gasteiger partial charge in [-0.2, -0.15) is 5.10 Å². The zero-order chi connectivity index (χ0) is 14.1. The number of carbonyl (C=O) groups excluding carboxylic acids is 1. The standard InChI is InChI=1S/C14H13FN4O/c15-11-2-1-10-3-5-18(13(10)9-11)7-8-19-6-4-12(17-19)14(16)20/h1-6,9H,7-8H2,(H2,16,20). The van der Waals surface area contributed by atoms with Crippen LogP contribution in [0.15, 0.2) is 42.7 Å². The first kappa shape index (κ1) is 12.4. The first-order valence-electron chi connectivity index (χ1n) is 6.21. The van der Waals surface area contributed by atoms with E-state index in [9.17, 15) is 9.18 Å². The maximum absolute atomic E-state index is 13.3. The molecule has 0 bridgehead atoms. The maximum Gasteiger partial charge on any atom is 0.269 e. The number of aromatic nitrogens is 3. The van der Waals surface area contributed by atoms with Gasteiger partial charge in [0, 0.05) is 18.9 Å². The molecular weight excluding hydrogens is 259 g/mol. The number of benzene rings is 1. The highest BCUT2D eigenvalue weighted by Crippen LogP contribution is 2.17. The molecule has 0 aliphatic carbocycles. The lowest BCUT2D eigenvalue weighted by Crippen LogP contribution is -2.13. The molecule has 0 atom stereocenters. The van der Waals surface area contributed by atoms with Crippen molar-refractivity contribution in [1.82, 2.24) is 14.3 Å². The highest BCUT2D eigenvalue weighted by Gasteiger charge is 2.06. The van der Waals surface area contributed by atoms with Gasteiger partial charge in [0.2, 0.25) is 0 Å². The molecule has 102 valence electrons. The summed E-state index contributed by atoms with van der Waals surface area (Å²) in [6, 6.07) is 8.22. The topological polar surface area (TPSA) is 65.8 Å². The Morgan fingerprint density at radius 2 is 2.05 bits per heavy atom. The summed E-state index contributed by atoms with van der Waals surface area (Å²) in [5, 5.41) is 5.05. The molecule has 0 radical (unpaired) electrons. The molecule has 1 amide bonds. The number of amides is 1. The summed E-state index contributed by atoms with van der Waals surface area (Å²) in [5.41, 5.74) is 6.23. The van der Waals surface area contributed by atoms with Crippen molar-refractivity contribution in [3.63, 3.8) is 0 Å². The second kappa shape index (κ2) is 4.80. The van der Waals surface area contributed by atoms with Crippen molar-refractivity contribution >= 4 is 16.8 Å². The zero-order valence-corrected chi connectivity index (χ0v) is 10.7. The fourth-order valence-corrected chi connectivity index (χ4v) is 2.18. The minimum atomic E-state index is -0.544. The van der Waals surface area contributed by atoms with Gasteiger partial charge in [0.15, 0.2) is 0 Å². The van der Waals surface area contributed by atoms with Gasteiger partial charge in [0.25, 0.3) is 5.91 Å². The lowest BCUT2D eigenvalue weighted by Gasteiger charge is -2.05. The fraction of sp³-hybridized carbons (Fsp3) is 0.143. The van der Waals surface area contributed by atoms with Crippen molar-refractivity contribution in [1.29, 1.82) is 0 Å². The minimum Gasteiger partial charge on any atom is -0.364 e. The molecule has 0 aliphatic heterocycles. The number of nitrogens with zero attached hydrogens (tertiary/aromatic N) is 3. The lowest BCUT2D eigenvalue weighted by molar-refractivity contribution is 0.0994. The van der Waals surface area contributed by atoms with E-state index in [4.69, 9.17) is 5.73 Å². The van der Waals surface area contributed by atoms with Gasteiger partial charge in [-0.25, -0.2) is 4.39 Å². The average molecular weight is 272 g/mol. The zero-order valence-electron chi connectivity index (χ0n) is 10.7. The Bertz CT molecular complexity index is 774. The molecule has 3 aromatic rings. The molecule has 5 nitrogen and oxygen atoms in total. The summed E-state index contributed by atoms with van der Waals surface area (Å²) < 4.78 is 16.9. The number of nitrogens with two attached hydrogens (primary N) is 1. The molecule has 0 unspecified atom stereocenters. The molecule has 20 heavy (non-hydrogen) atoms. The van der Waals surface area contributed by atoms with Crippen LogP contribution in [0.1, 0.15) is 10.5 Å². The summed E-state index contributed by atoms with van der Waals surface area (Å²) in [6.45, 7) is 1.21. The molecule has 2 heterocycles. The Balaban J connectivity index is 1.79. The largest absolute Gasteiger partial charge is 0.364 e. The minimum absolute atomic E-state index is 0.244. The van der Waals surface area contributed by atoms with Crippen molar-refractivity contribution in [2.24, 2.45) is 5.73 Å². The van der Waals surface area contributed by atoms with Crippen molar-refractivity contribution in [2.45, 2.75) is 13.1 Å². The van der Waals surface area contributed by atoms with Crippen LogP contribution in [-0.2, 0) is 13.1 Å². The molecule has 2 N–H and O–H groups in total. The van der Waals surface area contributed by atoms with Crippen LogP contribution in [0, 0.1) is 5.82 Å². The second-order valence-corrected chi connectivity index (χ2v) is 4.54. The summed E-state index contributed by atoms with van der Waals surface area (Å²) in [5.74, 6) is -0.801. The van der Waals surface area contributed by atoms with Gasteiger partial charge in [0.05, 0.1) is 12.1 Å². The van der Waals surface area contributed by atoms with E-state index in [1.54, 1.807) is 23.0 Å². The summed E-state index contributed by atoms with van der Waals surface area (Å²) in [6.07, 6.45) is 3.61. The number of hydrogen-bond acceptors (Lipinski definition) is 2. The smallest absolute Gasteiger partial charge is 0.269 e. The Morgan fingerprint density at radius 3 is 2.80 bits per heavy atom. The van der Waals surface area contributed by atoms with Gasteiger partial charge < -0.3 is 10.3 Å². The third kappa shape index (κ3) is 2.27. The van der Waals surface area contributed by atoms with Crippen LogP contribution in [0.25, 0.3) is 10.9 Å².